The summed E-state index contributed by atoms with van der Waals surface area (Å²) in [5.41, 5.74) is 9.93. The Hall–Kier alpha value is -1.06. The molecule has 1 saturated heterocycles. The third kappa shape index (κ3) is 2.52. The molecular weight excluding hydrogens is 224 g/mol. The average molecular weight is 248 g/mol. The fourth-order valence-corrected chi connectivity index (χ4v) is 2.37. The first-order chi connectivity index (χ1) is 8.58. The lowest BCUT2D eigenvalue weighted by Crippen LogP contribution is -2.52. The number of hydrogen-bond donors (Lipinski definition) is 2. The van der Waals surface area contributed by atoms with E-state index in [2.05, 4.69) is 44.3 Å². The van der Waals surface area contributed by atoms with Crippen LogP contribution in [0.4, 0.5) is 5.69 Å². The SMILES string of the molecule is Cc1cccc(C(C)C)c1NCC1(CN)COC1. The van der Waals surface area contributed by atoms with Gasteiger partial charge in [-0.25, -0.2) is 0 Å². The minimum Gasteiger partial charge on any atom is -0.384 e. The number of anilines is 1. The van der Waals surface area contributed by atoms with Gasteiger partial charge in [-0.05, 0) is 24.0 Å². The molecule has 0 aliphatic carbocycles. The van der Waals surface area contributed by atoms with Crippen molar-refractivity contribution in [3.8, 4) is 0 Å². The number of nitrogens with one attached hydrogen (secondary N) is 1. The molecule has 2 rings (SSSR count). The first-order valence-corrected chi connectivity index (χ1v) is 6.69. The maximum absolute atomic E-state index is 5.85. The van der Waals surface area contributed by atoms with Gasteiger partial charge in [0.15, 0.2) is 0 Å². The highest BCUT2D eigenvalue weighted by Crippen LogP contribution is 2.31. The van der Waals surface area contributed by atoms with E-state index < -0.39 is 0 Å². The van der Waals surface area contributed by atoms with Crippen molar-refractivity contribution in [1.29, 1.82) is 0 Å². The monoisotopic (exact) mass is 248 g/mol. The van der Waals surface area contributed by atoms with Crippen molar-refractivity contribution < 1.29 is 4.74 Å². The molecule has 3 nitrogen and oxygen atoms in total. The Kier molecular flexibility index (Phi) is 3.93. The third-order valence-corrected chi connectivity index (χ3v) is 3.82. The molecule has 0 bridgehead atoms. The smallest absolute Gasteiger partial charge is 0.0574 e. The van der Waals surface area contributed by atoms with Crippen molar-refractivity contribution >= 4 is 5.69 Å². The molecular formula is C15H24N2O. The minimum absolute atomic E-state index is 0.135. The Bertz CT molecular complexity index is 405. The van der Waals surface area contributed by atoms with Crippen LogP contribution in [0.15, 0.2) is 18.2 Å². The summed E-state index contributed by atoms with van der Waals surface area (Å²) in [6, 6.07) is 6.48. The summed E-state index contributed by atoms with van der Waals surface area (Å²) in [6.45, 7) is 9.74. The van der Waals surface area contributed by atoms with Crippen molar-refractivity contribution in [3.05, 3.63) is 29.3 Å². The van der Waals surface area contributed by atoms with Crippen molar-refractivity contribution in [3.63, 3.8) is 0 Å². The minimum atomic E-state index is 0.135. The van der Waals surface area contributed by atoms with E-state index in [1.165, 1.54) is 16.8 Å². The summed E-state index contributed by atoms with van der Waals surface area (Å²) in [7, 11) is 0. The summed E-state index contributed by atoms with van der Waals surface area (Å²) >= 11 is 0. The van der Waals surface area contributed by atoms with E-state index in [1.54, 1.807) is 0 Å². The van der Waals surface area contributed by atoms with E-state index in [1.807, 2.05) is 0 Å². The third-order valence-electron chi connectivity index (χ3n) is 3.82. The van der Waals surface area contributed by atoms with E-state index in [4.69, 9.17) is 10.5 Å². The Morgan fingerprint density at radius 2 is 2.11 bits per heavy atom. The highest BCUT2D eigenvalue weighted by molar-refractivity contribution is 5.58. The highest BCUT2D eigenvalue weighted by atomic mass is 16.5. The maximum atomic E-state index is 5.85. The number of benzene rings is 1. The van der Waals surface area contributed by atoms with Gasteiger partial charge in [0.1, 0.15) is 0 Å². The van der Waals surface area contributed by atoms with Crippen LogP contribution in [-0.2, 0) is 4.74 Å². The number of rotatable bonds is 5. The largest absolute Gasteiger partial charge is 0.384 e. The number of hydrogen-bond acceptors (Lipinski definition) is 3. The zero-order chi connectivity index (χ0) is 13.2. The number of para-hydroxylation sites is 1. The van der Waals surface area contributed by atoms with Crippen LogP contribution in [-0.4, -0.2) is 26.3 Å². The lowest BCUT2D eigenvalue weighted by molar-refractivity contribution is -0.0979. The van der Waals surface area contributed by atoms with Crippen LogP contribution in [0.2, 0.25) is 0 Å². The van der Waals surface area contributed by atoms with Gasteiger partial charge in [-0.15, -0.1) is 0 Å². The van der Waals surface area contributed by atoms with Gasteiger partial charge in [0.25, 0.3) is 0 Å². The van der Waals surface area contributed by atoms with Gasteiger partial charge in [-0.3, -0.25) is 0 Å². The quantitative estimate of drug-likeness (QED) is 0.841. The summed E-state index contributed by atoms with van der Waals surface area (Å²) in [6.07, 6.45) is 0. The van der Waals surface area contributed by atoms with E-state index in [0.717, 1.165) is 19.8 Å². The van der Waals surface area contributed by atoms with E-state index >= 15 is 0 Å². The van der Waals surface area contributed by atoms with Crippen molar-refractivity contribution in [1.82, 2.24) is 0 Å². The fraction of sp³-hybridized carbons (Fsp3) is 0.600. The lowest BCUT2D eigenvalue weighted by atomic mass is 9.85. The molecule has 18 heavy (non-hydrogen) atoms. The second-order valence-electron chi connectivity index (χ2n) is 5.74. The number of aryl methyl sites for hydroxylation is 1. The highest BCUT2D eigenvalue weighted by Gasteiger charge is 2.37. The summed E-state index contributed by atoms with van der Waals surface area (Å²) in [5.74, 6) is 0.527. The topological polar surface area (TPSA) is 47.3 Å². The van der Waals surface area contributed by atoms with Gasteiger partial charge in [-0.2, -0.15) is 0 Å². The zero-order valence-electron chi connectivity index (χ0n) is 11.6. The molecule has 1 heterocycles. The van der Waals surface area contributed by atoms with E-state index in [-0.39, 0.29) is 5.41 Å². The lowest BCUT2D eigenvalue weighted by Gasteiger charge is -2.41. The predicted molar refractivity (Wildman–Crippen MR) is 76.1 cm³/mol. The Morgan fingerprint density at radius 3 is 2.61 bits per heavy atom. The first kappa shape index (κ1) is 13.4. The molecule has 0 aromatic heterocycles. The van der Waals surface area contributed by atoms with Crippen LogP contribution in [0, 0.1) is 12.3 Å². The van der Waals surface area contributed by atoms with Crippen LogP contribution >= 0.6 is 0 Å². The van der Waals surface area contributed by atoms with Crippen molar-refractivity contribution in [2.45, 2.75) is 26.7 Å². The molecule has 100 valence electrons. The van der Waals surface area contributed by atoms with Gasteiger partial charge in [0, 0.05) is 24.2 Å². The Morgan fingerprint density at radius 1 is 1.39 bits per heavy atom. The molecule has 3 N–H and O–H groups in total. The van der Waals surface area contributed by atoms with Crippen molar-refractivity contribution in [2.24, 2.45) is 11.1 Å². The van der Waals surface area contributed by atoms with Crippen LogP contribution in [0.1, 0.15) is 30.9 Å². The fourth-order valence-electron chi connectivity index (χ4n) is 2.37. The molecule has 1 fully saturated rings. The van der Waals surface area contributed by atoms with Gasteiger partial charge in [0.05, 0.1) is 13.2 Å². The molecule has 0 spiro atoms. The van der Waals surface area contributed by atoms with Gasteiger partial charge >= 0.3 is 0 Å². The van der Waals surface area contributed by atoms with E-state index in [9.17, 15) is 0 Å². The molecule has 0 radical (unpaired) electrons. The van der Waals surface area contributed by atoms with Crippen LogP contribution < -0.4 is 11.1 Å². The molecule has 1 aromatic rings. The van der Waals surface area contributed by atoms with Crippen molar-refractivity contribution in [2.75, 3.05) is 31.6 Å². The molecule has 1 aliphatic rings. The number of ether oxygens (including phenoxy) is 1. The Labute approximate surface area is 110 Å². The molecule has 0 atom stereocenters. The standard InChI is InChI=1S/C15H24N2O/c1-11(2)13-6-4-5-12(3)14(13)17-8-15(7-16)9-18-10-15/h4-6,11,17H,7-10,16H2,1-3H3. The number of nitrogens with two attached hydrogens (primary N) is 1. The molecule has 3 heteroatoms. The van der Waals surface area contributed by atoms with Crippen LogP contribution in [0.25, 0.3) is 0 Å². The average Bonchev–Trinajstić information content (AvgIpc) is 2.29. The summed E-state index contributed by atoms with van der Waals surface area (Å²) < 4.78 is 5.31. The molecule has 1 aliphatic heterocycles. The van der Waals surface area contributed by atoms with Gasteiger partial charge < -0.3 is 15.8 Å². The Balaban J connectivity index is 2.13. The molecule has 1 aromatic carbocycles. The van der Waals surface area contributed by atoms with Gasteiger partial charge in [0.2, 0.25) is 0 Å². The second-order valence-corrected chi connectivity index (χ2v) is 5.74. The molecule has 0 amide bonds. The normalized spacial score (nSPS) is 17.6. The van der Waals surface area contributed by atoms with Gasteiger partial charge in [-0.1, -0.05) is 32.0 Å². The second kappa shape index (κ2) is 5.29. The predicted octanol–water partition coefficient (Wildman–Crippen LogP) is 2.51. The van der Waals surface area contributed by atoms with Crippen LogP contribution in [0.5, 0.6) is 0 Å². The summed E-state index contributed by atoms with van der Waals surface area (Å²) in [4.78, 5) is 0. The first-order valence-electron chi connectivity index (χ1n) is 6.69. The van der Waals surface area contributed by atoms with E-state index in [0.29, 0.717) is 12.5 Å². The van der Waals surface area contributed by atoms with Crippen LogP contribution in [0.3, 0.4) is 0 Å². The maximum Gasteiger partial charge on any atom is 0.0574 e. The molecule has 0 saturated carbocycles. The summed E-state index contributed by atoms with van der Waals surface area (Å²) in [5, 5.41) is 3.60. The zero-order valence-corrected chi connectivity index (χ0v) is 11.6. The molecule has 0 unspecified atom stereocenters.